The van der Waals surface area contributed by atoms with Crippen LogP contribution >= 0.6 is 11.8 Å². The molecule has 0 bridgehead atoms. The zero-order valence-electron chi connectivity index (χ0n) is 10.6. The normalized spacial score (nSPS) is 21.0. The van der Waals surface area contributed by atoms with Crippen molar-refractivity contribution in [3.05, 3.63) is 23.3 Å². The van der Waals surface area contributed by atoms with Crippen LogP contribution in [0.4, 0.5) is 0 Å². The van der Waals surface area contributed by atoms with Crippen molar-refractivity contribution in [2.45, 2.75) is 56.6 Å². The van der Waals surface area contributed by atoms with Gasteiger partial charge in [-0.05, 0) is 25.7 Å². The Morgan fingerprint density at radius 1 is 1.59 bits per heavy atom. The van der Waals surface area contributed by atoms with Crippen LogP contribution in [0.5, 0.6) is 0 Å². The molecule has 0 aliphatic heterocycles. The van der Waals surface area contributed by atoms with Gasteiger partial charge in [0.2, 0.25) is 0 Å². The van der Waals surface area contributed by atoms with E-state index in [1.54, 1.807) is 0 Å². The monoisotopic (exact) mass is 251 g/mol. The van der Waals surface area contributed by atoms with Crippen molar-refractivity contribution in [3.63, 3.8) is 0 Å². The molecule has 17 heavy (non-hydrogen) atoms. The second-order valence-corrected chi connectivity index (χ2v) is 6.14. The highest BCUT2D eigenvalue weighted by Gasteiger charge is 2.18. The number of rotatable bonds is 4. The lowest BCUT2D eigenvalue weighted by Crippen LogP contribution is -2.19. The summed E-state index contributed by atoms with van der Waals surface area (Å²) >= 11 is 1.92. The molecule has 0 saturated heterocycles. The Morgan fingerprint density at radius 2 is 2.41 bits per heavy atom. The minimum Gasteiger partial charge on any atom is -0.324 e. The molecule has 1 aliphatic rings. The Hall–Kier alpha value is -0.610. The number of hydrogen-bond donors (Lipinski definition) is 1. The highest BCUT2D eigenvalue weighted by atomic mass is 32.2. The molecule has 1 heterocycles. The van der Waals surface area contributed by atoms with Crippen molar-refractivity contribution in [2.75, 3.05) is 0 Å². The highest BCUT2D eigenvalue weighted by Crippen LogP contribution is 2.26. The van der Waals surface area contributed by atoms with Gasteiger partial charge in [0.1, 0.15) is 5.82 Å². The average Bonchev–Trinajstić information content (AvgIpc) is 2.36. The molecule has 1 aromatic rings. The summed E-state index contributed by atoms with van der Waals surface area (Å²) < 4.78 is 0. The first-order valence-corrected chi connectivity index (χ1v) is 7.47. The third kappa shape index (κ3) is 3.19. The molecule has 4 heteroatoms. The van der Waals surface area contributed by atoms with E-state index in [-0.39, 0.29) is 6.04 Å². The molecule has 2 unspecified atom stereocenters. The van der Waals surface area contributed by atoms with E-state index in [9.17, 15) is 0 Å². The summed E-state index contributed by atoms with van der Waals surface area (Å²) in [6.45, 7) is 4.46. The van der Waals surface area contributed by atoms with Crippen molar-refractivity contribution < 1.29 is 0 Å². The van der Waals surface area contributed by atoms with E-state index < -0.39 is 0 Å². The molecule has 2 rings (SSSR count). The molecule has 94 valence electrons. The molecule has 3 nitrogen and oxygen atoms in total. The number of aryl methyl sites for hydroxylation is 1. The van der Waals surface area contributed by atoms with Crippen LogP contribution in [0.1, 0.15) is 56.2 Å². The average molecular weight is 251 g/mol. The largest absolute Gasteiger partial charge is 0.324 e. The minimum atomic E-state index is 0.148. The van der Waals surface area contributed by atoms with Gasteiger partial charge in [0.15, 0.2) is 0 Å². The molecule has 1 aliphatic carbocycles. The van der Waals surface area contributed by atoms with Crippen molar-refractivity contribution in [2.24, 2.45) is 5.73 Å². The van der Waals surface area contributed by atoms with Crippen LogP contribution in [0, 0.1) is 0 Å². The lowest BCUT2D eigenvalue weighted by Gasteiger charge is -2.21. The van der Waals surface area contributed by atoms with E-state index in [0.29, 0.717) is 5.25 Å². The number of hydrogen-bond acceptors (Lipinski definition) is 4. The van der Waals surface area contributed by atoms with Crippen molar-refractivity contribution in [1.82, 2.24) is 9.97 Å². The molecule has 0 aromatic carbocycles. The molecular weight excluding hydrogens is 230 g/mol. The lowest BCUT2D eigenvalue weighted by atomic mass is 9.93. The van der Waals surface area contributed by atoms with Crippen LogP contribution in [0.2, 0.25) is 0 Å². The molecule has 0 amide bonds. The van der Waals surface area contributed by atoms with Crippen LogP contribution in [0.3, 0.4) is 0 Å². The van der Waals surface area contributed by atoms with Gasteiger partial charge in [0.25, 0.3) is 0 Å². The molecule has 0 spiro atoms. The highest BCUT2D eigenvalue weighted by molar-refractivity contribution is 7.99. The van der Waals surface area contributed by atoms with Gasteiger partial charge in [-0.2, -0.15) is 11.8 Å². The van der Waals surface area contributed by atoms with E-state index in [4.69, 9.17) is 5.73 Å². The van der Waals surface area contributed by atoms with E-state index in [0.717, 1.165) is 36.4 Å². The number of fused-ring (bicyclic) bond motifs is 1. The van der Waals surface area contributed by atoms with Crippen LogP contribution < -0.4 is 5.73 Å². The summed E-state index contributed by atoms with van der Waals surface area (Å²) in [7, 11) is 0. The van der Waals surface area contributed by atoms with E-state index in [1.807, 2.05) is 18.0 Å². The minimum absolute atomic E-state index is 0.148. The number of thioether (sulfide) groups is 1. The van der Waals surface area contributed by atoms with Crippen molar-refractivity contribution in [1.29, 1.82) is 0 Å². The fourth-order valence-corrected chi connectivity index (χ4v) is 2.84. The van der Waals surface area contributed by atoms with Gasteiger partial charge in [-0.25, -0.2) is 9.97 Å². The first-order chi connectivity index (χ1) is 8.20. The third-order valence-electron chi connectivity index (χ3n) is 3.35. The van der Waals surface area contributed by atoms with Crippen molar-refractivity contribution >= 4 is 11.8 Å². The first kappa shape index (κ1) is 12.8. The third-order valence-corrected chi connectivity index (χ3v) is 4.68. The Labute approximate surface area is 108 Å². The molecular formula is C13H21N3S. The SMILES string of the molecule is CCC(C)SCc1ncc2c(n1)CCCC2N. The Kier molecular flexibility index (Phi) is 4.40. The summed E-state index contributed by atoms with van der Waals surface area (Å²) in [6.07, 6.45) is 6.42. The lowest BCUT2D eigenvalue weighted by molar-refractivity contribution is 0.554. The number of aromatic nitrogens is 2. The molecule has 2 atom stereocenters. The molecule has 1 aromatic heterocycles. The van der Waals surface area contributed by atoms with Crippen LogP contribution in [-0.4, -0.2) is 15.2 Å². The Bertz CT molecular complexity index is 381. The fraction of sp³-hybridized carbons (Fsp3) is 0.692. The maximum absolute atomic E-state index is 6.05. The van der Waals surface area contributed by atoms with E-state index in [1.165, 1.54) is 12.1 Å². The predicted molar refractivity (Wildman–Crippen MR) is 72.9 cm³/mol. The number of nitrogens with two attached hydrogens (primary N) is 1. The molecule has 0 saturated carbocycles. The Balaban J connectivity index is 2.05. The summed E-state index contributed by atoms with van der Waals surface area (Å²) in [5.74, 6) is 1.88. The topological polar surface area (TPSA) is 51.8 Å². The van der Waals surface area contributed by atoms with Crippen LogP contribution in [0.25, 0.3) is 0 Å². The zero-order chi connectivity index (χ0) is 12.3. The Morgan fingerprint density at radius 3 is 3.18 bits per heavy atom. The maximum Gasteiger partial charge on any atom is 0.138 e. The predicted octanol–water partition coefficient (Wildman–Crippen LogP) is 2.84. The molecule has 2 N–H and O–H groups in total. The smallest absolute Gasteiger partial charge is 0.138 e. The van der Waals surface area contributed by atoms with Gasteiger partial charge in [0, 0.05) is 28.7 Å². The summed E-state index contributed by atoms with van der Waals surface area (Å²) in [5.41, 5.74) is 8.39. The van der Waals surface area contributed by atoms with E-state index >= 15 is 0 Å². The van der Waals surface area contributed by atoms with Gasteiger partial charge in [-0.1, -0.05) is 13.8 Å². The van der Waals surface area contributed by atoms with Crippen molar-refractivity contribution in [3.8, 4) is 0 Å². The first-order valence-electron chi connectivity index (χ1n) is 6.42. The molecule has 0 radical (unpaired) electrons. The standard InChI is InChI=1S/C13H21N3S/c1-3-9(2)17-8-13-15-7-10-11(14)5-4-6-12(10)16-13/h7,9,11H,3-6,8,14H2,1-2H3. The quantitative estimate of drug-likeness (QED) is 0.894. The second kappa shape index (κ2) is 5.83. The van der Waals surface area contributed by atoms with Gasteiger partial charge >= 0.3 is 0 Å². The van der Waals surface area contributed by atoms with E-state index in [2.05, 4.69) is 23.8 Å². The maximum atomic E-state index is 6.05. The summed E-state index contributed by atoms with van der Waals surface area (Å²) in [4.78, 5) is 9.09. The van der Waals surface area contributed by atoms with Gasteiger partial charge in [0.05, 0.1) is 5.75 Å². The van der Waals surface area contributed by atoms with Gasteiger partial charge in [-0.3, -0.25) is 0 Å². The summed E-state index contributed by atoms with van der Waals surface area (Å²) in [6, 6.07) is 0.148. The van der Waals surface area contributed by atoms with Gasteiger partial charge in [-0.15, -0.1) is 0 Å². The second-order valence-electron chi connectivity index (χ2n) is 4.72. The van der Waals surface area contributed by atoms with Crippen LogP contribution in [-0.2, 0) is 12.2 Å². The van der Waals surface area contributed by atoms with Crippen LogP contribution in [0.15, 0.2) is 6.20 Å². The summed E-state index contributed by atoms with van der Waals surface area (Å²) in [5, 5.41) is 0.678. The van der Waals surface area contributed by atoms with Gasteiger partial charge < -0.3 is 5.73 Å². The molecule has 0 fully saturated rings. The fourth-order valence-electron chi connectivity index (χ4n) is 2.03. The number of nitrogens with zero attached hydrogens (tertiary/aromatic N) is 2. The zero-order valence-corrected chi connectivity index (χ0v) is 11.5.